The molecule has 0 bridgehead atoms. The van der Waals surface area contributed by atoms with Crippen LogP contribution in [0.2, 0.25) is 0 Å². The van der Waals surface area contributed by atoms with Crippen molar-refractivity contribution < 1.29 is 4.79 Å². The van der Waals surface area contributed by atoms with Crippen LogP contribution in [0.4, 0.5) is 0 Å². The van der Waals surface area contributed by atoms with Gasteiger partial charge in [0.1, 0.15) is 0 Å². The third kappa shape index (κ3) is 2.85. The molecule has 1 amide bonds. The van der Waals surface area contributed by atoms with Gasteiger partial charge in [0.15, 0.2) is 0 Å². The molecule has 1 saturated heterocycles. The van der Waals surface area contributed by atoms with E-state index in [1.165, 1.54) is 0 Å². The molecule has 0 saturated carbocycles. The van der Waals surface area contributed by atoms with Gasteiger partial charge >= 0.3 is 0 Å². The van der Waals surface area contributed by atoms with Crippen molar-refractivity contribution in [3.05, 3.63) is 0 Å². The molecule has 1 fully saturated rings. The van der Waals surface area contributed by atoms with Crippen LogP contribution < -0.4 is 5.32 Å². The SMILES string of the molecule is CC.CC1(C)CNC(=O)C1. The molecule has 10 heavy (non-hydrogen) atoms. The number of rotatable bonds is 0. The average Bonchev–Trinajstić information content (AvgIpc) is 2.15. The quantitative estimate of drug-likeness (QED) is 0.547. The molecule has 2 nitrogen and oxygen atoms in total. The molecule has 1 N–H and O–H groups in total. The van der Waals surface area contributed by atoms with Crippen LogP contribution in [-0.4, -0.2) is 12.5 Å². The van der Waals surface area contributed by atoms with Gasteiger partial charge < -0.3 is 5.32 Å². The van der Waals surface area contributed by atoms with Crippen LogP contribution in [-0.2, 0) is 4.79 Å². The van der Waals surface area contributed by atoms with Gasteiger partial charge in [-0.1, -0.05) is 27.7 Å². The maximum atomic E-state index is 10.5. The van der Waals surface area contributed by atoms with Crippen molar-refractivity contribution >= 4 is 5.91 Å². The Balaban J connectivity index is 0.000000371. The Morgan fingerprint density at radius 3 is 2.00 bits per heavy atom. The maximum Gasteiger partial charge on any atom is 0.220 e. The lowest BCUT2D eigenvalue weighted by Crippen LogP contribution is -2.16. The molecule has 0 aliphatic carbocycles. The summed E-state index contributed by atoms with van der Waals surface area (Å²) in [5, 5.41) is 2.77. The molecule has 0 atom stereocenters. The fourth-order valence-electron chi connectivity index (χ4n) is 0.898. The van der Waals surface area contributed by atoms with E-state index in [4.69, 9.17) is 0 Å². The number of hydrogen-bond donors (Lipinski definition) is 1. The van der Waals surface area contributed by atoms with Crippen LogP contribution in [0, 0.1) is 5.41 Å². The zero-order chi connectivity index (χ0) is 8.20. The number of amides is 1. The smallest absolute Gasteiger partial charge is 0.220 e. The minimum absolute atomic E-state index is 0.190. The molecule has 0 radical (unpaired) electrons. The summed E-state index contributed by atoms with van der Waals surface area (Å²) >= 11 is 0. The predicted molar refractivity (Wildman–Crippen MR) is 42.8 cm³/mol. The number of carbonyl (C=O) groups excluding carboxylic acids is 1. The van der Waals surface area contributed by atoms with Gasteiger partial charge in [-0.25, -0.2) is 0 Å². The van der Waals surface area contributed by atoms with Crippen molar-refractivity contribution in [1.82, 2.24) is 5.32 Å². The molecule has 0 aromatic heterocycles. The summed E-state index contributed by atoms with van der Waals surface area (Å²) in [7, 11) is 0. The Morgan fingerprint density at radius 2 is 1.90 bits per heavy atom. The molecule has 2 heteroatoms. The van der Waals surface area contributed by atoms with Crippen molar-refractivity contribution in [2.45, 2.75) is 34.1 Å². The molecule has 60 valence electrons. The number of hydrogen-bond acceptors (Lipinski definition) is 1. The van der Waals surface area contributed by atoms with E-state index < -0.39 is 0 Å². The van der Waals surface area contributed by atoms with E-state index in [0.717, 1.165) is 6.54 Å². The fraction of sp³-hybridized carbons (Fsp3) is 0.875. The summed E-state index contributed by atoms with van der Waals surface area (Å²) < 4.78 is 0. The van der Waals surface area contributed by atoms with E-state index >= 15 is 0 Å². The Morgan fingerprint density at radius 1 is 1.40 bits per heavy atom. The highest BCUT2D eigenvalue weighted by Gasteiger charge is 2.28. The van der Waals surface area contributed by atoms with Crippen LogP contribution in [0.15, 0.2) is 0 Å². The average molecular weight is 143 g/mol. The third-order valence-electron chi connectivity index (χ3n) is 1.40. The van der Waals surface area contributed by atoms with Gasteiger partial charge in [-0.3, -0.25) is 4.79 Å². The first kappa shape index (κ1) is 9.47. The van der Waals surface area contributed by atoms with Crippen LogP contribution in [0.1, 0.15) is 34.1 Å². The highest BCUT2D eigenvalue weighted by atomic mass is 16.1. The van der Waals surface area contributed by atoms with Crippen molar-refractivity contribution in [2.24, 2.45) is 5.41 Å². The van der Waals surface area contributed by atoms with Gasteiger partial charge in [-0.05, 0) is 5.41 Å². The monoisotopic (exact) mass is 143 g/mol. The number of carbonyl (C=O) groups is 1. The second-order valence-electron chi connectivity index (χ2n) is 3.12. The van der Waals surface area contributed by atoms with E-state index in [0.29, 0.717) is 6.42 Å². The van der Waals surface area contributed by atoms with Crippen molar-refractivity contribution in [2.75, 3.05) is 6.54 Å². The minimum atomic E-state index is 0.190. The van der Waals surface area contributed by atoms with Crippen LogP contribution in [0.3, 0.4) is 0 Å². The zero-order valence-electron chi connectivity index (χ0n) is 7.32. The summed E-state index contributed by atoms with van der Waals surface area (Å²) in [5.74, 6) is 0.190. The predicted octanol–water partition coefficient (Wildman–Crippen LogP) is 1.56. The molecule has 1 aliphatic heterocycles. The van der Waals surface area contributed by atoms with Gasteiger partial charge in [-0.15, -0.1) is 0 Å². The summed E-state index contributed by atoms with van der Waals surface area (Å²) in [6, 6.07) is 0. The molecule has 0 spiro atoms. The van der Waals surface area contributed by atoms with Crippen molar-refractivity contribution in [3.8, 4) is 0 Å². The molecule has 1 aliphatic rings. The molecule has 1 heterocycles. The lowest BCUT2D eigenvalue weighted by atomic mass is 9.93. The summed E-state index contributed by atoms with van der Waals surface area (Å²) in [6.45, 7) is 9.02. The number of nitrogens with one attached hydrogen (secondary N) is 1. The molecule has 1 rings (SSSR count). The lowest BCUT2D eigenvalue weighted by molar-refractivity contribution is -0.119. The first-order valence-corrected chi connectivity index (χ1v) is 3.87. The highest BCUT2D eigenvalue weighted by Crippen LogP contribution is 2.22. The zero-order valence-corrected chi connectivity index (χ0v) is 7.32. The van der Waals surface area contributed by atoms with Gasteiger partial charge in [0.2, 0.25) is 5.91 Å². The van der Waals surface area contributed by atoms with Gasteiger partial charge in [0, 0.05) is 13.0 Å². The molecular weight excluding hydrogens is 126 g/mol. The van der Waals surface area contributed by atoms with Gasteiger partial charge in [0.05, 0.1) is 0 Å². The fourth-order valence-corrected chi connectivity index (χ4v) is 0.898. The normalized spacial score (nSPS) is 21.0. The van der Waals surface area contributed by atoms with E-state index in [2.05, 4.69) is 19.2 Å². The van der Waals surface area contributed by atoms with E-state index in [9.17, 15) is 4.79 Å². The molecule has 0 aromatic rings. The topological polar surface area (TPSA) is 29.1 Å². The molecule has 0 aromatic carbocycles. The van der Waals surface area contributed by atoms with E-state index in [1.54, 1.807) is 0 Å². The third-order valence-corrected chi connectivity index (χ3v) is 1.40. The van der Waals surface area contributed by atoms with Gasteiger partial charge in [-0.2, -0.15) is 0 Å². The van der Waals surface area contributed by atoms with Crippen LogP contribution in [0.25, 0.3) is 0 Å². The first-order chi connectivity index (χ1) is 4.60. The Labute approximate surface area is 63.0 Å². The second kappa shape index (κ2) is 3.59. The maximum absolute atomic E-state index is 10.5. The first-order valence-electron chi connectivity index (χ1n) is 3.87. The lowest BCUT2D eigenvalue weighted by Gasteiger charge is -2.11. The standard InChI is InChI=1S/C6H11NO.C2H6/c1-6(2)3-5(8)7-4-6;1-2/h3-4H2,1-2H3,(H,7,8);1-2H3. The highest BCUT2D eigenvalue weighted by molar-refractivity contribution is 5.78. The van der Waals surface area contributed by atoms with Crippen molar-refractivity contribution in [1.29, 1.82) is 0 Å². The van der Waals surface area contributed by atoms with E-state index in [-0.39, 0.29) is 11.3 Å². The molecule has 0 unspecified atom stereocenters. The largest absolute Gasteiger partial charge is 0.356 e. The van der Waals surface area contributed by atoms with Crippen molar-refractivity contribution in [3.63, 3.8) is 0 Å². The molecular formula is C8H17NO. The summed E-state index contributed by atoms with van der Waals surface area (Å²) in [5.41, 5.74) is 0.205. The Hall–Kier alpha value is -0.530. The minimum Gasteiger partial charge on any atom is -0.356 e. The van der Waals surface area contributed by atoms with E-state index in [1.807, 2.05) is 13.8 Å². The summed E-state index contributed by atoms with van der Waals surface area (Å²) in [6.07, 6.45) is 0.688. The van der Waals surface area contributed by atoms with Gasteiger partial charge in [0.25, 0.3) is 0 Å². The van der Waals surface area contributed by atoms with Crippen LogP contribution >= 0.6 is 0 Å². The Bertz CT molecular complexity index is 118. The summed E-state index contributed by atoms with van der Waals surface area (Å²) in [4.78, 5) is 10.5. The second-order valence-corrected chi connectivity index (χ2v) is 3.12. The Kier molecular flexibility index (Phi) is 3.40. The van der Waals surface area contributed by atoms with Crippen LogP contribution in [0.5, 0.6) is 0 Å².